The molecule has 0 spiro atoms. The summed E-state index contributed by atoms with van der Waals surface area (Å²) < 4.78 is 30.1. The lowest BCUT2D eigenvalue weighted by Gasteiger charge is -2.30. The Kier molecular flexibility index (Phi) is 45.6. The Bertz CT molecular complexity index is 976. The van der Waals surface area contributed by atoms with Gasteiger partial charge in [-0.25, -0.2) is 0 Å². The highest BCUT2D eigenvalue weighted by atomic mass is 16.6. The van der Waals surface area contributed by atoms with Gasteiger partial charge in [-0.3, -0.25) is 24.0 Å². The van der Waals surface area contributed by atoms with Crippen LogP contribution in [-0.2, 0) is 52.4 Å². The van der Waals surface area contributed by atoms with E-state index in [0.717, 1.165) is 12.8 Å². The van der Waals surface area contributed by atoms with Gasteiger partial charge in [-0.15, -0.1) is 0 Å². The first-order valence-corrected chi connectivity index (χ1v) is 18.4. The Morgan fingerprint density at radius 3 is 0.893 bits per heavy atom. The van der Waals surface area contributed by atoms with Gasteiger partial charge in [0.2, 0.25) is 0 Å². The van der Waals surface area contributed by atoms with Crippen LogP contribution < -0.4 is 0 Å². The second-order valence-corrected chi connectivity index (χ2v) is 18.4. The van der Waals surface area contributed by atoms with Crippen molar-refractivity contribution in [2.45, 2.75) is 255 Å². The third-order valence-corrected chi connectivity index (χ3v) is 4.50. The molecule has 0 aromatic carbocycles. The number of rotatable bonds is 8. The summed E-state index contributed by atoms with van der Waals surface area (Å²) in [7, 11) is 1.40. The van der Waals surface area contributed by atoms with Crippen LogP contribution in [0.25, 0.3) is 0 Å². The first-order valence-electron chi connectivity index (χ1n) is 18.4. The molecule has 0 aliphatic heterocycles. The van der Waals surface area contributed by atoms with E-state index < -0.39 is 11.0 Å². The highest BCUT2D eigenvalue weighted by Gasteiger charge is 2.27. The number of methoxy groups -OCH3 is 1. The number of carbonyl (C=O) groups excluding carboxylic acids is 5. The SMILES string of the molecule is C.C.C.C.CC(C)(C)OC(=O)C(C)(C)C.CC(C)(C)OC(C)(C)C.CC(C)OC(=O)CCC(=O)OC(C)(C)C.CCCC(=O)OC.CCCC(=O)OC(C)(C)C. The molecule has 0 fully saturated rings. The van der Waals surface area contributed by atoms with E-state index in [1.165, 1.54) is 7.11 Å². The smallest absolute Gasteiger partial charge is 0.311 e. The van der Waals surface area contributed by atoms with Crippen molar-refractivity contribution in [1.82, 2.24) is 0 Å². The van der Waals surface area contributed by atoms with E-state index in [0.29, 0.717) is 12.8 Å². The van der Waals surface area contributed by atoms with Crippen LogP contribution in [-0.4, -0.2) is 71.1 Å². The van der Waals surface area contributed by atoms with Crippen LogP contribution in [0.15, 0.2) is 0 Å². The summed E-state index contributed by atoms with van der Waals surface area (Å²) in [6.07, 6.45) is 2.79. The van der Waals surface area contributed by atoms with Crippen molar-refractivity contribution < 1.29 is 52.4 Å². The van der Waals surface area contributed by atoms with Crippen molar-refractivity contribution in [3.05, 3.63) is 0 Å². The Balaban J connectivity index is -0.0000000706. The van der Waals surface area contributed by atoms with Crippen LogP contribution >= 0.6 is 0 Å². The summed E-state index contributed by atoms with van der Waals surface area (Å²) in [6, 6.07) is 0. The number of carbonyl (C=O) groups is 5. The topological polar surface area (TPSA) is 141 Å². The molecule has 0 saturated heterocycles. The molecule has 11 nitrogen and oxygen atoms in total. The molecular formula is C45H98O11. The third kappa shape index (κ3) is 76.1. The van der Waals surface area contributed by atoms with Crippen LogP contribution in [0, 0.1) is 5.41 Å². The van der Waals surface area contributed by atoms with Gasteiger partial charge in [-0.2, -0.15) is 0 Å². The molecule has 11 heteroatoms. The molecule has 0 bridgehead atoms. The molecule has 0 unspecified atom stereocenters. The van der Waals surface area contributed by atoms with Gasteiger partial charge in [0.1, 0.15) is 16.8 Å². The molecule has 0 N–H and O–H groups in total. The fourth-order valence-electron chi connectivity index (χ4n) is 3.17. The Morgan fingerprint density at radius 2 is 0.714 bits per heavy atom. The number of esters is 5. The molecule has 56 heavy (non-hydrogen) atoms. The highest BCUT2D eigenvalue weighted by molar-refractivity contribution is 5.78. The molecule has 0 aliphatic rings. The summed E-state index contributed by atoms with van der Waals surface area (Å²) in [6.45, 7) is 42.0. The Hall–Kier alpha value is -2.69. The van der Waals surface area contributed by atoms with Crippen LogP contribution in [0.4, 0.5) is 0 Å². The second-order valence-electron chi connectivity index (χ2n) is 18.4. The van der Waals surface area contributed by atoms with Crippen molar-refractivity contribution in [3.8, 4) is 0 Å². The van der Waals surface area contributed by atoms with Crippen molar-refractivity contribution in [1.29, 1.82) is 0 Å². The predicted octanol–water partition coefficient (Wildman–Crippen LogP) is 12.7. The van der Waals surface area contributed by atoms with E-state index >= 15 is 0 Å². The summed E-state index contributed by atoms with van der Waals surface area (Å²) in [5, 5.41) is 0. The standard InChI is InChI=1S/C11H20O4.C9H18O2.C8H16O2.C8H18O.C5H10O2.4CH4/c1-8(2)14-9(12)6-7-10(13)15-11(3,4)5;1-8(2,3)7(10)11-9(4,5)6;1-5-6-7(9)10-8(2,3)4;1-7(2,3)9-8(4,5)6;1-3-4-5(6)7-2;;;;/h8H,6-7H2,1-5H3;1-6H3;5-6H2,1-4H3;1-6H3;3-4H2,1-2H3;4*1H4. The molecule has 0 saturated carbocycles. The lowest BCUT2D eigenvalue weighted by Crippen LogP contribution is -2.31. The Morgan fingerprint density at radius 1 is 0.429 bits per heavy atom. The Labute approximate surface area is 348 Å². The predicted molar refractivity (Wildman–Crippen MR) is 237 cm³/mol. The minimum atomic E-state index is -0.501. The van der Waals surface area contributed by atoms with Gasteiger partial charge in [0, 0.05) is 12.8 Å². The lowest BCUT2D eigenvalue weighted by molar-refractivity contribution is -0.164. The first-order chi connectivity index (χ1) is 22.8. The maximum atomic E-state index is 11.3. The molecule has 344 valence electrons. The third-order valence-electron chi connectivity index (χ3n) is 4.50. The maximum Gasteiger partial charge on any atom is 0.311 e. The minimum absolute atomic E-state index is 0. The molecule has 0 rings (SSSR count). The van der Waals surface area contributed by atoms with Crippen molar-refractivity contribution in [3.63, 3.8) is 0 Å². The van der Waals surface area contributed by atoms with Gasteiger partial charge in [-0.05, 0) is 151 Å². The largest absolute Gasteiger partial charge is 0.469 e. The zero-order valence-electron chi connectivity index (χ0n) is 37.8. The number of hydrogen-bond donors (Lipinski definition) is 0. The number of ether oxygens (including phenoxy) is 6. The molecule has 0 aromatic rings. The van der Waals surface area contributed by atoms with Crippen LogP contribution in [0.2, 0.25) is 0 Å². The van der Waals surface area contributed by atoms with E-state index in [4.69, 9.17) is 23.7 Å². The van der Waals surface area contributed by atoms with E-state index in [1.54, 1.807) is 34.6 Å². The van der Waals surface area contributed by atoms with Gasteiger partial charge in [0.15, 0.2) is 0 Å². The van der Waals surface area contributed by atoms with E-state index in [-0.39, 0.29) is 101 Å². The fraction of sp³-hybridized carbons (Fsp3) is 0.889. The summed E-state index contributed by atoms with van der Waals surface area (Å²) >= 11 is 0. The summed E-state index contributed by atoms with van der Waals surface area (Å²) in [4.78, 5) is 54.6. The van der Waals surface area contributed by atoms with E-state index in [1.807, 2.05) is 76.2 Å². The van der Waals surface area contributed by atoms with Gasteiger partial charge < -0.3 is 28.4 Å². The van der Waals surface area contributed by atoms with Gasteiger partial charge in [-0.1, -0.05) is 43.6 Å². The number of hydrogen-bond acceptors (Lipinski definition) is 11. The van der Waals surface area contributed by atoms with Crippen LogP contribution in [0.3, 0.4) is 0 Å². The molecule has 0 radical (unpaired) electrons. The average Bonchev–Trinajstić information content (AvgIpc) is 2.83. The van der Waals surface area contributed by atoms with Crippen molar-refractivity contribution in [2.75, 3.05) is 7.11 Å². The van der Waals surface area contributed by atoms with Crippen LogP contribution in [0.5, 0.6) is 0 Å². The van der Waals surface area contributed by atoms with Crippen molar-refractivity contribution >= 4 is 29.8 Å². The van der Waals surface area contributed by atoms with E-state index in [2.05, 4.69) is 46.3 Å². The van der Waals surface area contributed by atoms with Gasteiger partial charge in [0.25, 0.3) is 0 Å². The molecule has 0 heterocycles. The zero-order valence-corrected chi connectivity index (χ0v) is 37.8. The summed E-state index contributed by atoms with van der Waals surface area (Å²) in [5.74, 6) is -1.11. The first kappa shape index (κ1) is 74.3. The molecule has 0 atom stereocenters. The fourth-order valence-corrected chi connectivity index (χ4v) is 3.17. The molecule has 0 aromatic heterocycles. The lowest BCUT2D eigenvalue weighted by atomic mass is 9.97. The zero-order chi connectivity index (χ0) is 42.9. The highest BCUT2D eigenvalue weighted by Crippen LogP contribution is 2.20. The second kappa shape index (κ2) is 34.4. The van der Waals surface area contributed by atoms with E-state index in [9.17, 15) is 24.0 Å². The van der Waals surface area contributed by atoms with Crippen molar-refractivity contribution in [2.24, 2.45) is 5.41 Å². The monoisotopic (exact) mass is 815 g/mol. The quantitative estimate of drug-likeness (QED) is 0.171. The van der Waals surface area contributed by atoms with Gasteiger partial charge >= 0.3 is 29.8 Å². The van der Waals surface area contributed by atoms with Crippen LogP contribution in [0.1, 0.15) is 221 Å². The average molecular weight is 815 g/mol. The molecular weight excluding hydrogens is 716 g/mol. The minimum Gasteiger partial charge on any atom is -0.469 e. The summed E-state index contributed by atoms with van der Waals surface area (Å²) in [5.41, 5.74) is -1.63. The maximum absolute atomic E-state index is 11.3. The molecule has 0 aliphatic carbocycles. The van der Waals surface area contributed by atoms with Gasteiger partial charge in [0.05, 0.1) is 42.7 Å². The molecule has 0 amide bonds. The normalized spacial score (nSPS) is 10.9.